The minimum Gasteiger partial charge on any atom is -0.365 e. The first-order valence-corrected chi connectivity index (χ1v) is 9.49. The van der Waals surface area contributed by atoms with Crippen molar-refractivity contribution in [1.82, 2.24) is 4.98 Å². The number of nitrogens with zero attached hydrogens (tertiary/aromatic N) is 2. The monoisotopic (exact) mass is 349 g/mol. The number of nitrogens with one attached hydrogen (secondary N) is 1. The summed E-state index contributed by atoms with van der Waals surface area (Å²) in [4.78, 5) is 7.58. The summed E-state index contributed by atoms with van der Waals surface area (Å²) in [6.07, 6.45) is 1.12. The Morgan fingerprint density at radius 3 is 2.74 bits per heavy atom. The molecule has 130 valence electrons. The zero-order chi connectivity index (χ0) is 17.8. The molecule has 0 radical (unpaired) electrons. The van der Waals surface area contributed by atoms with Crippen molar-refractivity contribution in [3.63, 3.8) is 0 Å². The number of aromatic nitrogens is 1. The lowest BCUT2D eigenvalue weighted by molar-refractivity contribution is 0.817. The van der Waals surface area contributed by atoms with Crippen molar-refractivity contribution in [3.8, 4) is 11.3 Å². The second-order valence-electron chi connectivity index (χ2n) is 7.34. The predicted octanol–water partition coefficient (Wildman–Crippen LogP) is 5.52. The molecule has 0 aliphatic carbocycles. The summed E-state index contributed by atoms with van der Waals surface area (Å²) in [5.74, 6) is 0. The van der Waals surface area contributed by atoms with E-state index in [1.165, 1.54) is 27.6 Å². The van der Waals surface area contributed by atoms with Crippen LogP contribution >= 0.6 is 0 Å². The highest BCUT2D eigenvalue weighted by Gasteiger charge is 2.22. The van der Waals surface area contributed by atoms with Crippen LogP contribution in [0.25, 0.3) is 22.0 Å². The van der Waals surface area contributed by atoms with Gasteiger partial charge in [-0.25, -0.2) is 0 Å². The first-order chi connectivity index (χ1) is 13.4. The summed E-state index contributed by atoms with van der Waals surface area (Å²) in [6, 6.07) is 25.9. The summed E-state index contributed by atoms with van der Waals surface area (Å²) < 4.78 is 0. The molecule has 3 aromatic carbocycles. The Morgan fingerprint density at radius 2 is 1.74 bits per heavy atom. The van der Waals surface area contributed by atoms with Crippen molar-refractivity contribution in [1.29, 1.82) is 0 Å². The number of hydrogen-bond acceptors (Lipinski definition) is 3. The second-order valence-corrected chi connectivity index (χ2v) is 7.34. The van der Waals surface area contributed by atoms with Gasteiger partial charge in [0.05, 0.1) is 17.9 Å². The van der Waals surface area contributed by atoms with Gasteiger partial charge in [-0.05, 0) is 41.6 Å². The number of para-hydroxylation sites is 2. The molecule has 27 heavy (non-hydrogen) atoms. The van der Waals surface area contributed by atoms with Crippen molar-refractivity contribution in [2.45, 2.75) is 13.0 Å². The van der Waals surface area contributed by atoms with Gasteiger partial charge in [-0.1, -0.05) is 48.5 Å². The molecule has 3 heterocycles. The maximum Gasteiger partial charge on any atom is 0.0826 e. The average Bonchev–Trinajstić information content (AvgIpc) is 3.11. The maximum absolute atomic E-state index is 5.13. The molecule has 0 bridgehead atoms. The third kappa shape index (κ3) is 2.25. The van der Waals surface area contributed by atoms with Gasteiger partial charge in [0.2, 0.25) is 0 Å². The van der Waals surface area contributed by atoms with Gasteiger partial charge in [-0.3, -0.25) is 4.98 Å². The van der Waals surface area contributed by atoms with Crippen LogP contribution in [0.15, 0.2) is 72.8 Å². The first kappa shape index (κ1) is 14.8. The van der Waals surface area contributed by atoms with Gasteiger partial charge in [-0.15, -0.1) is 0 Å². The normalized spacial score (nSPS) is 14.0. The van der Waals surface area contributed by atoms with E-state index in [0.717, 1.165) is 42.3 Å². The molecule has 2 aliphatic rings. The summed E-state index contributed by atoms with van der Waals surface area (Å²) in [5.41, 5.74) is 8.48. The van der Waals surface area contributed by atoms with Gasteiger partial charge in [0.25, 0.3) is 0 Å². The summed E-state index contributed by atoms with van der Waals surface area (Å²) in [5, 5.41) is 6.04. The van der Waals surface area contributed by atoms with Crippen LogP contribution in [0, 0.1) is 0 Å². The van der Waals surface area contributed by atoms with Crippen molar-refractivity contribution >= 4 is 27.8 Å². The molecule has 0 atom stereocenters. The molecule has 3 nitrogen and oxygen atoms in total. The van der Waals surface area contributed by atoms with Crippen molar-refractivity contribution in [3.05, 3.63) is 84.1 Å². The SMILES string of the molecule is c1ccc2c(c1)CCN2Cc1cc2cccc3c2c(n1)-c1ccccc1N3. The highest BCUT2D eigenvalue weighted by molar-refractivity contribution is 6.09. The zero-order valence-corrected chi connectivity index (χ0v) is 14.9. The van der Waals surface area contributed by atoms with E-state index in [1.54, 1.807) is 0 Å². The Morgan fingerprint density at radius 1 is 0.889 bits per heavy atom. The molecule has 6 rings (SSSR count). The van der Waals surface area contributed by atoms with Gasteiger partial charge < -0.3 is 10.2 Å². The third-order valence-electron chi connectivity index (χ3n) is 5.70. The predicted molar refractivity (Wildman–Crippen MR) is 112 cm³/mol. The van der Waals surface area contributed by atoms with E-state index in [4.69, 9.17) is 4.98 Å². The molecule has 0 saturated heterocycles. The van der Waals surface area contributed by atoms with Crippen LogP contribution in [0.5, 0.6) is 0 Å². The smallest absolute Gasteiger partial charge is 0.0826 e. The van der Waals surface area contributed by atoms with E-state index >= 15 is 0 Å². The van der Waals surface area contributed by atoms with E-state index in [-0.39, 0.29) is 0 Å². The van der Waals surface area contributed by atoms with Crippen LogP contribution in [0.1, 0.15) is 11.3 Å². The molecule has 4 aromatic rings. The summed E-state index contributed by atoms with van der Waals surface area (Å²) in [7, 11) is 0. The highest BCUT2D eigenvalue weighted by atomic mass is 15.2. The average molecular weight is 349 g/mol. The van der Waals surface area contributed by atoms with Crippen LogP contribution in [0.4, 0.5) is 17.1 Å². The molecule has 1 N–H and O–H groups in total. The lowest BCUT2D eigenvalue weighted by Crippen LogP contribution is -2.20. The van der Waals surface area contributed by atoms with E-state index in [9.17, 15) is 0 Å². The molecular weight excluding hydrogens is 330 g/mol. The topological polar surface area (TPSA) is 28.2 Å². The fourth-order valence-corrected chi connectivity index (χ4v) is 4.46. The Bertz CT molecular complexity index is 1200. The van der Waals surface area contributed by atoms with E-state index in [1.807, 2.05) is 0 Å². The van der Waals surface area contributed by atoms with E-state index < -0.39 is 0 Å². The fraction of sp³-hybridized carbons (Fsp3) is 0.125. The van der Waals surface area contributed by atoms with E-state index in [0.29, 0.717) is 0 Å². The van der Waals surface area contributed by atoms with Crippen LogP contribution < -0.4 is 10.2 Å². The zero-order valence-electron chi connectivity index (χ0n) is 14.9. The van der Waals surface area contributed by atoms with Crippen molar-refractivity contribution in [2.75, 3.05) is 16.8 Å². The maximum atomic E-state index is 5.13. The number of fused-ring (bicyclic) bond motifs is 3. The molecule has 0 unspecified atom stereocenters. The van der Waals surface area contributed by atoms with Gasteiger partial charge in [-0.2, -0.15) is 0 Å². The lowest BCUT2D eigenvalue weighted by Gasteiger charge is -2.24. The quantitative estimate of drug-likeness (QED) is 0.455. The Balaban J connectivity index is 1.50. The molecule has 3 heteroatoms. The fourth-order valence-electron chi connectivity index (χ4n) is 4.46. The molecule has 0 spiro atoms. The summed E-state index contributed by atoms with van der Waals surface area (Å²) in [6.45, 7) is 1.91. The van der Waals surface area contributed by atoms with Crippen LogP contribution in [-0.2, 0) is 13.0 Å². The number of anilines is 3. The van der Waals surface area contributed by atoms with Crippen molar-refractivity contribution in [2.24, 2.45) is 0 Å². The van der Waals surface area contributed by atoms with Gasteiger partial charge in [0.1, 0.15) is 0 Å². The number of hydrogen-bond donors (Lipinski definition) is 1. The second kappa shape index (κ2) is 5.58. The van der Waals surface area contributed by atoms with Crippen LogP contribution in [-0.4, -0.2) is 11.5 Å². The van der Waals surface area contributed by atoms with Crippen LogP contribution in [0.2, 0.25) is 0 Å². The Kier molecular flexibility index (Phi) is 3.06. The Labute approximate surface area is 158 Å². The third-order valence-corrected chi connectivity index (χ3v) is 5.70. The minimum atomic E-state index is 0.847. The summed E-state index contributed by atoms with van der Waals surface area (Å²) >= 11 is 0. The first-order valence-electron chi connectivity index (χ1n) is 9.49. The Hall–Kier alpha value is -3.33. The number of benzene rings is 3. The van der Waals surface area contributed by atoms with E-state index in [2.05, 4.69) is 83.0 Å². The minimum absolute atomic E-state index is 0.847. The number of rotatable bonds is 2. The molecule has 0 amide bonds. The molecule has 1 aromatic heterocycles. The molecule has 2 aliphatic heterocycles. The van der Waals surface area contributed by atoms with Gasteiger partial charge in [0, 0.05) is 34.6 Å². The number of pyridine rings is 1. The molecule has 0 saturated carbocycles. The standard InChI is InChI=1S/C24H19N3/c1-4-11-22-16(6-1)12-13-27(22)15-18-14-17-7-5-10-21-23(17)24(25-18)19-8-2-3-9-20(19)26-21/h1-11,14,26H,12-13,15H2. The molecule has 0 fully saturated rings. The molecular formula is C24H19N3. The van der Waals surface area contributed by atoms with Gasteiger partial charge >= 0.3 is 0 Å². The van der Waals surface area contributed by atoms with Crippen LogP contribution in [0.3, 0.4) is 0 Å². The van der Waals surface area contributed by atoms with Gasteiger partial charge in [0.15, 0.2) is 0 Å². The largest absolute Gasteiger partial charge is 0.365 e. The van der Waals surface area contributed by atoms with Crippen molar-refractivity contribution < 1.29 is 0 Å². The highest BCUT2D eigenvalue weighted by Crippen LogP contribution is 2.42. The lowest BCUT2D eigenvalue weighted by atomic mass is 9.96.